The Bertz CT molecular complexity index is 555. The van der Waals surface area contributed by atoms with Gasteiger partial charge >= 0.3 is 6.03 Å². The molecule has 1 aromatic rings. The Morgan fingerprint density at radius 1 is 1.30 bits per heavy atom. The Morgan fingerprint density at radius 2 is 2.09 bits per heavy atom. The Kier molecular flexibility index (Phi) is 5.12. The van der Waals surface area contributed by atoms with Gasteiger partial charge in [-0.3, -0.25) is 9.69 Å². The number of hydrogen-bond acceptors (Lipinski definition) is 3. The molecule has 0 radical (unpaired) electrons. The molecule has 124 valence electrons. The first kappa shape index (κ1) is 15.8. The number of carbonyl (C=O) groups is 2. The number of nitrogens with one attached hydrogen (secondary N) is 2. The molecule has 3 amide bonds. The van der Waals surface area contributed by atoms with Crippen molar-refractivity contribution in [2.45, 2.75) is 19.3 Å². The smallest absolute Gasteiger partial charge is 0.321 e. The van der Waals surface area contributed by atoms with E-state index in [9.17, 15) is 9.59 Å². The van der Waals surface area contributed by atoms with Gasteiger partial charge < -0.3 is 15.4 Å². The van der Waals surface area contributed by atoms with E-state index in [2.05, 4.69) is 10.6 Å². The van der Waals surface area contributed by atoms with Gasteiger partial charge in [-0.25, -0.2) is 4.79 Å². The molecule has 1 aliphatic heterocycles. The van der Waals surface area contributed by atoms with E-state index < -0.39 is 0 Å². The van der Waals surface area contributed by atoms with Gasteiger partial charge in [0.2, 0.25) is 0 Å². The van der Waals surface area contributed by atoms with E-state index in [1.165, 1.54) is 12.8 Å². The summed E-state index contributed by atoms with van der Waals surface area (Å²) in [6, 6.07) is 7.02. The zero-order valence-electron chi connectivity index (χ0n) is 13.2. The average Bonchev–Trinajstić information content (AvgIpc) is 3.30. The van der Waals surface area contributed by atoms with Crippen LogP contribution in [0.1, 0.15) is 29.6 Å². The number of amides is 3. The first-order valence-corrected chi connectivity index (χ1v) is 8.25. The minimum absolute atomic E-state index is 0.0894. The number of rotatable bonds is 8. The zero-order chi connectivity index (χ0) is 16.1. The maximum absolute atomic E-state index is 12.0. The lowest BCUT2D eigenvalue weighted by atomic mass is 10.2. The van der Waals surface area contributed by atoms with E-state index in [4.69, 9.17) is 4.74 Å². The summed E-state index contributed by atoms with van der Waals surface area (Å²) in [5.74, 6) is 0.686. The van der Waals surface area contributed by atoms with Crippen molar-refractivity contribution in [3.05, 3.63) is 29.8 Å². The number of urea groups is 1. The maximum Gasteiger partial charge on any atom is 0.321 e. The van der Waals surface area contributed by atoms with Crippen molar-refractivity contribution < 1.29 is 14.3 Å². The minimum atomic E-state index is -0.0929. The topological polar surface area (TPSA) is 70.7 Å². The van der Waals surface area contributed by atoms with Gasteiger partial charge in [-0.15, -0.1) is 0 Å². The number of ether oxygens (including phenoxy) is 1. The molecule has 1 aliphatic carbocycles. The van der Waals surface area contributed by atoms with Crippen molar-refractivity contribution in [2.24, 2.45) is 5.92 Å². The second-order valence-electron chi connectivity index (χ2n) is 6.06. The highest BCUT2D eigenvalue weighted by Gasteiger charge is 2.21. The summed E-state index contributed by atoms with van der Waals surface area (Å²) < 4.78 is 5.53. The summed E-state index contributed by atoms with van der Waals surface area (Å²) in [5, 5.41) is 5.65. The van der Waals surface area contributed by atoms with Gasteiger partial charge in [-0.05, 0) is 49.4 Å². The van der Waals surface area contributed by atoms with Gasteiger partial charge in [0.15, 0.2) is 0 Å². The van der Waals surface area contributed by atoms with Crippen molar-refractivity contribution >= 4 is 17.6 Å². The Morgan fingerprint density at radius 3 is 2.74 bits per heavy atom. The molecule has 1 heterocycles. The van der Waals surface area contributed by atoms with Crippen molar-refractivity contribution in [1.29, 1.82) is 0 Å². The fourth-order valence-electron chi connectivity index (χ4n) is 2.52. The minimum Gasteiger partial charge on any atom is -0.381 e. The van der Waals surface area contributed by atoms with Crippen molar-refractivity contribution in [3.63, 3.8) is 0 Å². The van der Waals surface area contributed by atoms with Crippen LogP contribution >= 0.6 is 0 Å². The first-order chi connectivity index (χ1) is 11.2. The first-order valence-electron chi connectivity index (χ1n) is 8.25. The summed E-state index contributed by atoms with van der Waals surface area (Å²) in [4.78, 5) is 25.3. The summed E-state index contributed by atoms with van der Waals surface area (Å²) in [5.41, 5.74) is 1.41. The number of carbonyl (C=O) groups excluding carboxylic acids is 2. The molecule has 0 aromatic heterocycles. The lowest BCUT2D eigenvalue weighted by Crippen LogP contribution is -2.28. The van der Waals surface area contributed by atoms with E-state index >= 15 is 0 Å². The molecule has 0 bridgehead atoms. The molecular formula is C17H23N3O3. The van der Waals surface area contributed by atoms with Crippen LogP contribution in [0.25, 0.3) is 0 Å². The highest BCUT2D eigenvalue weighted by atomic mass is 16.5. The van der Waals surface area contributed by atoms with E-state index in [0.717, 1.165) is 24.6 Å². The van der Waals surface area contributed by atoms with Crippen molar-refractivity contribution in [3.8, 4) is 0 Å². The van der Waals surface area contributed by atoms with Crippen LogP contribution in [0.2, 0.25) is 0 Å². The number of nitrogens with zero attached hydrogens (tertiary/aromatic N) is 1. The third-order valence-electron chi connectivity index (χ3n) is 4.10. The van der Waals surface area contributed by atoms with Crippen LogP contribution in [-0.2, 0) is 4.74 Å². The molecule has 0 atom stereocenters. The average molecular weight is 317 g/mol. The predicted molar refractivity (Wildman–Crippen MR) is 87.7 cm³/mol. The fraction of sp³-hybridized carbons (Fsp3) is 0.529. The summed E-state index contributed by atoms with van der Waals surface area (Å²) >= 11 is 0. The Hall–Kier alpha value is -2.08. The molecular weight excluding hydrogens is 294 g/mol. The van der Waals surface area contributed by atoms with Crippen LogP contribution in [0, 0.1) is 5.92 Å². The van der Waals surface area contributed by atoms with E-state index in [1.807, 2.05) is 0 Å². The van der Waals surface area contributed by atoms with Gasteiger partial charge in [0.1, 0.15) is 0 Å². The highest BCUT2D eigenvalue weighted by Crippen LogP contribution is 2.28. The third kappa shape index (κ3) is 4.45. The number of anilines is 1. The summed E-state index contributed by atoms with van der Waals surface area (Å²) in [6.45, 7) is 3.48. The second-order valence-corrected chi connectivity index (χ2v) is 6.06. The molecule has 6 nitrogen and oxygen atoms in total. The SMILES string of the molecule is O=C(NCCCOCC1CC1)c1ccc(N2CCNC2=O)cc1. The molecule has 2 N–H and O–H groups in total. The van der Waals surface area contributed by atoms with Crippen LogP contribution < -0.4 is 15.5 Å². The molecule has 2 aliphatic rings. The van der Waals surface area contributed by atoms with E-state index in [0.29, 0.717) is 31.8 Å². The Labute approximate surface area is 136 Å². The van der Waals surface area contributed by atoms with E-state index in [1.54, 1.807) is 29.2 Å². The number of benzene rings is 1. The van der Waals surface area contributed by atoms with Crippen LogP contribution in [0.5, 0.6) is 0 Å². The van der Waals surface area contributed by atoms with Gasteiger partial charge in [0.25, 0.3) is 5.91 Å². The zero-order valence-corrected chi connectivity index (χ0v) is 13.2. The molecule has 6 heteroatoms. The predicted octanol–water partition coefficient (Wildman–Crippen LogP) is 1.76. The quantitative estimate of drug-likeness (QED) is 0.718. The van der Waals surface area contributed by atoms with Gasteiger partial charge in [0.05, 0.1) is 0 Å². The fourth-order valence-corrected chi connectivity index (χ4v) is 2.52. The van der Waals surface area contributed by atoms with Gasteiger partial charge in [-0.1, -0.05) is 0 Å². The Balaban J connectivity index is 1.39. The number of hydrogen-bond donors (Lipinski definition) is 2. The lowest BCUT2D eigenvalue weighted by Gasteiger charge is -2.14. The molecule has 2 fully saturated rings. The summed E-state index contributed by atoms with van der Waals surface area (Å²) in [6.07, 6.45) is 3.42. The molecule has 23 heavy (non-hydrogen) atoms. The molecule has 3 rings (SSSR count). The van der Waals surface area contributed by atoms with Crippen molar-refractivity contribution in [2.75, 3.05) is 37.7 Å². The monoisotopic (exact) mass is 317 g/mol. The van der Waals surface area contributed by atoms with Gasteiger partial charge in [0, 0.05) is 44.1 Å². The molecule has 1 saturated carbocycles. The maximum atomic E-state index is 12.0. The second kappa shape index (κ2) is 7.46. The third-order valence-corrected chi connectivity index (χ3v) is 4.10. The van der Waals surface area contributed by atoms with E-state index in [-0.39, 0.29) is 11.9 Å². The molecule has 1 saturated heterocycles. The van der Waals surface area contributed by atoms with Crippen LogP contribution in [0.3, 0.4) is 0 Å². The molecule has 1 aromatic carbocycles. The lowest BCUT2D eigenvalue weighted by molar-refractivity contribution is 0.0937. The van der Waals surface area contributed by atoms with Gasteiger partial charge in [-0.2, -0.15) is 0 Å². The van der Waals surface area contributed by atoms with Crippen LogP contribution in [0.15, 0.2) is 24.3 Å². The highest BCUT2D eigenvalue weighted by molar-refractivity contribution is 5.96. The molecule has 0 spiro atoms. The van der Waals surface area contributed by atoms with Crippen molar-refractivity contribution in [1.82, 2.24) is 10.6 Å². The normalized spacial score (nSPS) is 17.2. The molecule has 0 unspecified atom stereocenters. The standard InChI is InChI=1S/C17H23N3O3/c21-16(18-8-1-11-23-12-13-2-3-13)14-4-6-15(7-5-14)20-10-9-19-17(20)22/h4-7,13H,1-3,8-12H2,(H,18,21)(H,19,22). The van der Waals surface area contributed by atoms with Crippen LogP contribution in [-0.4, -0.2) is 44.8 Å². The van der Waals surface area contributed by atoms with Crippen LogP contribution in [0.4, 0.5) is 10.5 Å². The largest absolute Gasteiger partial charge is 0.381 e. The summed E-state index contributed by atoms with van der Waals surface area (Å²) in [7, 11) is 0.